The molecule has 0 spiro atoms. The summed E-state index contributed by atoms with van der Waals surface area (Å²) >= 11 is 0. The number of unbranched alkanes of at least 4 members (excludes halogenated alkanes) is 10. The van der Waals surface area contributed by atoms with E-state index in [0.29, 0.717) is 19.4 Å². The average molecular weight is 642 g/mol. The van der Waals surface area contributed by atoms with Crippen LogP contribution in [-0.4, -0.2) is 35.8 Å². The number of hydrogen-bond donors (Lipinski definition) is 0. The number of esters is 2. The van der Waals surface area contributed by atoms with Crippen molar-refractivity contribution in [3.05, 3.63) is 78.0 Å². The maximum atomic E-state index is 13.4. The quantitative estimate of drug-likeness (QED) is 0.0903. The van der Waals surface area contributed by atoms with Crippen molar-refractivity contribution in [1.29, 1.82) is 0 Å². The second-order valence-electron chi connectivity index (χ2n) is 11.5. The highest BCUT2D eigenvalue weighted by Gasteiger charge is 2.42. The third-order valence-corrected chi connectivity index (χ3v) is 7.68. The van der Waals surface area contributed by atoms with Crippen LogP contribution < -0.4 is 9.47 Å². The van der Waals surface area contributed by atoms with E-state index in [0.717, 1.165) is 42.3 Å². The van der Waals surface area contributed by atoms with E-state index >= 15 is 0 Å². The summed E-state index contributed by atoms with van der Waals surface area (Å²) in [5.41, 5.74) is 2.00. The molecule has 0 amide bonds. The SMILES string of the molecule is CCCCCCCCCCOc1ccc(-c2ccc(C(=O)Oc3ccc(C(=O)O[C@@H](CCCCCC)C(F)(F)F)cn3)cc2)cc1. The van der Waals surface area contributed by atoms with E-state index in [1.165, 1.54) is 57.1 Å². The van der Waals surface area contributed by atoms with Gasteiger partial charge in [-0.3, -0.25) is 0 Å². The van der Waals surface area contributed by atoms with Gasteiger partial charge < -0.3 is 14.2 Å². The molecule has 46 heavy (non-hydrogen) atoms. The predicted octanol–water partition coefficient (Wildman–Crippen LogP) is 10.5. The van der Waals surface area contributed by atoms with E-state index in [9.17, 15) is 22.8 Å². The highest BCUT2D eigenvalue weighted by Crippen LogP contribution is 2.28. The van der Waals surface area contributed by atoms with Gasteiger partial charge >= 0.3 is 18.1 Å². The minimum absolute atomic E-state index is 0.0971. The maximum Gasteiger partial charge on any atom is 0.425 e. The van der Waals surface area contributed by atoms with Crippen molar-refractivity contribution in [2.45, 2.75) is 110 Å². The lowest BCUT2D eigenvalue weighted by Gasteiger charge is -2.20. The highest BCUT2D eigenvalue weighted by molar-refractivity contribution is 5.92. The number of carbonyl (C=O) groups excluding carboxylic acids is 2. The first-order valence-electron chi connectivity index (χ1n) is 16.5. The number of nitrogens with zero attached hydrogens (tertiary/aromatic N) is 1. The standard InChI is InChI=1S/C37H46F3NO5/c1-3-5-7-9-10-11-12-14-26-44-32-23-20-29(21-24-32)28-16-18-30(19-17-28)35(42)46-34-25-22-31(27-41-34)36(43)45-33(37(38,39)40)15-13-8-6-4-2/h16-25,27,33H,3-15,26H2,1-2H3/t33-/m0/s1. The van der Waals surface area contributed by atoms with Crippen LogP contribution in [-0.2, 0) is 4.74 Å². The number of pyridine rings is 1. The smallest absolute Gasteiger partial charge is 0.425 e. The molecule has 1 atom stereocenters. The molecule has 3 aromatic rings. The molecule has 1 heterocycles. The van der Waals surface area contributed by atoms with Crippen LogP contribution >= 0.6 is 0 Å². The molecule has 1 aromatic heterocycles. The van der Waals surface area contributed by atoms with E-state index in [1.54, 1.807) is 24.3 Å². The topological polar surface area (TPSA) is 74.7 Å². The molecule has 0 radical (unpaired) electrons. The van der Waals surface area contributed by atoms with E-state index in [-0.39, 0.29) is 23.4 Å². The van der Waals surface area contributed by atoms with E-state index in [4.69, 9.17) is 14.2 Å². The van der Waals surface area contributed by atoms with Crippen molar-refractivity contribution in [1.82, 2.24) is 4.98 Å². The van der Waals surface area contributed by atoms with Gasteiger partial charge in [-0.05, 0) is 60.7 Å². The summed E-state index contributed by atoms with van der Waals surface area (Å²) in [6.45, 7) is 4.89. The summed E-state index contributed by atoms with van der Waals surface area (Å²) in [7, 11) is 0. The second-order valence-corrected chi connectivity index (χ2v) is 11.5. The summed E-state index contributed by atoms with van der Waals surface area (Å²) in [5, 5.41) is 0. The van der Waals surface area contributed by atoms with Crippen molar-refractivity contribution in [2.24, 2.45) is 0 Å². The van der Waals surface area contributed by atoms with E-state index in [2.05, 4.69) is 11.9 Å². The zero-order valence-corrected chi connectivity index (χ0v) is 27.0. The van der Waals surface area contributed by atoms with Gasteiger partial charge in [-0.2, -0.15) is 13.2 Å². The number of benzene rings is 2. The fraction of sp³-hybridized carbons (Fsp3) is 0.486. The first kappa shape index (κ1) is 36.6. The normalized spacial score (nSPS) is 12.0. The molecular formula is C37H46F3NO5. The van der Waals surface area contributed by atoms with Crippen molar-refractivity contribution in [2.75, 3.05) is 6.61 Å². The zero-order valence-electron chi connectivity index (χ0n) is 27.0. The lowest BCUT2D eigenvalue weighted by Crippen LogP contribution is -2.33. The molecule has 0 aliphatic rings. The Hall–Kier alpha value is -3.88. The summed E-state index contributed by atoms with van der Waals surface area (Å²) in [6, 6.07) is 17.1. The summed E-state index contributed by atoms with van der Waals surface area (Å²) in [6.07, 6.45) is 6.54. The minimum atomic E-state index is -4.66. The number of halogens is 3. The van der Waals surface area contributed by atoms with Gasteiger partial charge in [0.15, 0.2) is 6.10 Å². The molecule has 0 saturated heterocycles. The number of carbonyl (C=O) groups is 2. The van der Waals surface area contributed by atoms with Crippen molar-refractivity contribution < 1.29 is 37.0 Å². The Morgan fingerprint density at radius 2 is 1.22 bits per heavy atom. The van der Waals surface area contributed by atoms with Crippen molar-refractivity contribution >= 4 is 11.9 Å². The van der Waals surface area contributed by atoms with E-state index in [1.807, 2.05) is 31.2 Å². The first-order valence-corrected chi connectivity index (χ1v) is 16.5. The lowest BCUT2D eigenvalue weighted by atomic mass is 10.0. The molecule has 0 N–H and O–H groups in total. The lowest BCUT2D eigenvalue weighted by molar-refractivity contribution is -0.206. The molecule has 0 bridgehead atoms. The summed E-state index contributed by atoms with van der Waals surface area (Å²) < 4.78 is 56.0. The molecule has 0 aliphatic heterocycles. The van der Waals surface area contributed by atoms with Gasteiger partial charge in [0.05, 0.1) is 17.7 Å². The monoisotopic (exact) mass is 641 g/mol. The zero-order chi connectivity index (χ0) is 33.2. The third kappa shape index (κ3) is 12.9. The molecule has 250 valence electrons. The Bertz CT molecular complexity index is 1310. The predicted molar refractivity (Wildman–Crippen MR) is 173 cm³/mol. The van der Waals surface area contributed by atoms with E-state index < -0.39 is 24.2 Å². The van der Waals surface area contributed by atoms with Gasteiger partial charge in [0.1, 0.15) is 5.75 Å². The molecule has 0 unspecified atom stereocenters. The van der Waals surface area contributed by atoms with Crippen LogP contribution in [0.2, 0.25) is 0 Å². The van der Waals surface area contributed by atoms with Gasteiger partial charge in [-0.15, -0.1) is 0 Å². The molecule has 3 rings (SSSR count). The van der Waals surface area contributed by atoms with Crippen molar-refractivity contribution in [3.63, 3.8) is 0 Å². The number of rotatable bonds is 20. The van der Waals surface area contributed by atoms with Crippen LogP contribution in [0.1, 0.15) is 118 Å². The molecule has 0 saturated carbocycles. The first-order chi connectivity index (χ1) is 22.2. The van der Waals surface area contributed by atoms with Gasteiger partial charge in [0.25, 0.3) is 0 Å². The Morgan fingerprint density at radius 3 is 1.78 bits per heavy atom. The van der Waals surface area contributed by atoms with Crippen molar-refractivity contribution in [3.8, 4) is 22.8 Å². The summed E-state index contributed by atoms with van der Waals surface area (Å²) in [5.74, 6) is -1.08. The average Bonchev–Trinajstić information content (AvgIpc) is 3.05. The maximum absolute atomic E-state index is 13.4. The Balaban J connectivity index is 1.45. The largest absolute Gasteiger partial charge is 0.494 e. The number of hydrogen-bond acceptors (Lipinski definition) is 6. The number of ether oxygens (including phenoxy) is 3. The van der Waals surface area contributed by atoms with Crippen LogP contribution in [0.15, 0.2) is 66.9 Å². The third-order valence-electron chi connectivity index (χ3n) is 7.68. The van der Waals surface area contributed by atoms with Crippen LogP contribution in [0, 0.1) is 0 Å². The van der Waals surface area contributed by atoms with Gasteiger partial charge in [-0.1, -0.05) is 102 Å². The second kappa shape index (κ2) is 19.6. The molecule has 0 aliphatic carbocycles. The Kier molecular flexibility index (Phi) is 15.6. The van der Waals surface area contributed by atoms with Gasteiger partial charge in [-0.25, -0.2) is 14.6 Å². The molecule has 9 heteroatoms. The van der Waals surface area contributed by atoms with Crippen LogP contribution in [0.4, 0.5) is 13.2 Å². The van der Waals surface area contributed by atoms with Crippen LogP contribution in [0.5, 0.6) is 11.6 Å². The molecule has 0 fully saturated rings. The van der Waals surface area contributed by atoms with Gasteiger partial charge in [0, 0.05) is 12.3 Å². The Labute approximate surface area is 270 Å². The molecule has 2 aromatic carbocycles. The number of aromatic nitrogens is 1. The fourth-order valence-corrected chi connectivity index (χ4v) is 4.93. The highest BCUT2D eigenvalue weighted by atomic mass is 19.4. The van der Waals surface area contributed by atoms with Crippen LogP contribution in [0.3, 0.4) is 0 Å². The van der Waals surface area contributed by atoms with Crippen LogP contribution in [0.25, 0.3) is 11.1 Å². The van der Waals surface area contributed by atoms with Gasteiger partial charge in [0.2, 0.25) is 5.88 Å². The fourth-order valence-electron chi connectivity index (χ4n) is 4.93. The molecule has 6 nitrogen and oxygen atoms in total. The molecular weight excluding hydrogens is 595 g/mol. The minimum Gasteiger partial charge on any atom is -0.494 e. The number of alkyl halides is 3. The summed E-state index contributed by atoms with van der Waals surface area (Å²) in [4.78, 5) is 28.9. The Morgan fingerprint density at radius 1 is 0.674 bits per heavy atom.